The summed E-state index contributed by atoms with van der Waals surface area (Å²) in [6, 6.07) is 17.0. The molecule has 0 aliphatic heterocycles. The molecule has 0 aliphatic rings. The second kappa shape index (κ2) is 5.69. The van der Waals surface area contributed by atoms with E-state index in [0.717, 1.165) is 15.9 Å². The molecule has 0 saturated carbocycles. The van der Waals surface area contributed by atoms with Crippen LogP contribution in [0.4, 0.5) is 0 Å². The Bertz CT molecular complexity index is 546. The summed E-state index contributed by atoms with van der Waals surface area (Å²) in [4.78, 5) is 0. The van der Waals surface area contributed by atoms with Crippen molar-refractivity contribution in [2.45, 2.75) is 13.5 Å². The molecular formula is C15H14ClNO. The summed E-state index contributed by atoms with van der Waals surface area (Å²) in [6.07, 6.45) is 0. The molecule has 92 valence electrons. The van der Waals surface area contributed by atoms with Crippen LogP contribution in [0.15, 0.2) is 54.6 Å². The van der Waals surface area contributed by atoms with E-state index < -0.39 is 0 Å². The third-order valence-electron chi connectivity index (χ3n) is 2.81. The zero-order valence-corrected chi connectivity index (χ0v) is 10.9. The number of halogens is 1. The molecule has 2 aromatic carbocycles. The van der Waals surface area contributed by atoms with Gasteiger partial charge in [-0.2, -0.15) is 0 Å². The first-order valence-electron chi connectivity index (χ1n) is 5.75. The highest BCUT2D eigenvalue weighted by atomic mass is 35.5. The van der Waals surface area contributed by atoms with Crippen LogP contribution in [0.3, 0.4) is 0 Å². The Morgan fingerprint density at radius 3 is 2.28 bits per heavy atom. The molecule has 0 bridgehead atoms. The second-order valence-corrected chi connectivity index (χ2v) is 4.55. The number of hydrogen-bond donors (Lipinski definition) is 0. The van der Waals surface area contributed by atoms with Gasteiger partial charge in [0.25, 0.3) is 0 Å². The van der Waals surface area contributed by atoms with Gasteiger partial charge in [-0.3, -0.25) is 0 Å². The molecule has 0 heterocycles. The van der Waals surface area contributed by atoms with E-state index in [0.29, 0.717) is 17.3 Å². The minimum absolute atomic E-state index is 0.356. The number of nitrogens with zero attached hydrogens (tertiary/aromatic N) is 1. The summed E-state index contributed by atoms with van der Waals surface area (Å²) in [5, 5.41) is 12.7. The average Bonchev–Trinajstić information content (AvgIpc) is 2.40. The van der Waals surface area contributed by atoms with Crippen molar-refractivity contribution in [3.05, 3.63) is 76.0 Å². The zero-order valence-electron chi connectivity index (χ0n) is 10.1. The molecule has 0 radical (unpaired) electrons. The Hall–Kier alpha value is -1.80. The van der Waals surface area contributed by atoms with Crippen molar-refractivity contribution >= 4 is 17.3 Å². The van der Waals surface area contributed by atoms with E-state index in [4.69, 9.17) is 11.6 Å². The average molecular weight is 260 g/mol. The fraction of sp³-hybridized carbons (Fsp3) is 0.133. The highest BCUT2D eigenvalue weighted by molar-refractivity contribution is 6.30. The molecule has 0 atom stereocenters. The summed E-state index contributed by atoms with van der Waals surface area (Å²) >= 11 is 5.82. The normalized spacial score (nSPS) is 12.1. The standard InChI is InChI=1S/C15H14ClNO/c1-12(14-7-9-15(16)10-8-14)17(18)11-13-5-3-2-4-6-13/h2-10H,11H2,1H3. The molecule has 0 spiro atoms. The number of benzene rings is 2. The predicted molar refractivity (Wildman–Crippen MR) is 75.0 cm³/mol. The monoisotopic (exact) mass is 259 g/mol. The van der Waals surface area contributed by atoms with Crippen LogP contribution in [0.2, 0.25) is 5.02 Å². The van der Waals surface area contributed by atoms with Gasteiger partial charge >= 0.3 is 0 Å². The summed E-state index contributed by atoms with van der Waals surface area (Å²) in [5.74, 6) is 0. The lowest BCUT2D eigenvalue weighted by atomic mass is 10.1. The molecule has 2 aromatic rings. The van der Waals surface area contributed by atoms with Gasteiger partial charge < -0.3 is 5.21 Å². The molecule has 0 aromatic heterocycles. The quantitative estimate of drug-likeness (QED) is 0.356. The lowest BCUT2D eigenvalue weighted by Crippen LogP contribution is -2.13. The molecular weight excluding hydrogens is 246 g/mol. The van der Waals surface area contributed by atoms with Crippen LogP contribution in [0.5, 0.6) is 0 Å². The predicted octanol–water partition coefficient (Wildman–Crippen LogP) is 3.86. The van der Waals surface area contributed by atoms with Crippen LogP contribution < -0.4 is 0 Å². The number of hydrogen-bond acceptors (Lipinski definition) is 1. The molecule has 18 heavy (non-hydrogen) atoms. The van der Waals surface area contributed by atoms with E-state index in [-0.39, 0.29) is 0 Å². The van der Waals surface area contributed by atoms with Crippen LogP contribution in [-0.2, 0) is 6.54 Å². The Labute approximate surface area is 112 Å². The lowest BCUT2D eigenvalue weighted by Gasteiger charge is -2.08. The second-order valence-electron chi connectivity index (χ2n) is 4.11. The zero-order chi connectivity index (χ0) is 13.0. The molecule has 0 N–H and O–H groups in total. The van der Waals surface area contributed by atoms with Crippen molar-refractivity contribution in [2.24, 2.45) is 0 Å². The Morgan fingerprint density at radius 1 is 1.06 bits per heavy atom. The first kappa shape index (κ1) is 12.7. The number of rotatable bonds is 3. The van der Waals surface area contributed by atoms with Crippen LogP contribution in [-0.4, -0.2) is 10.5 Å². The van der Waals surface area contributed by atoms with Crippen molar-refractivity contribution < 1.29 is 4.74 Å². The molecule has 2 nitrogen and oxygen atoms in total. The summed E-state index contributed by atoms with van der Waals surface area (Å²) in [6.45, 7) is 2.18. The fourth-order valence-electron chi connectivity index (χ4n) is 1.70. The van der Waals surface area contributed by atoms with Crippen LogP contribution in [0, 0.1) is 5.21 Å². The molecule has 3 heteroatoms. The maximum atomic E-state index is 12.0. The van der Waals surface area contributed by atoms with Crippen LogP contribution >= 0.6 is 11.6 Å². The first-order chi connectivity index (χ1) is 8.66. The summed E-state index contributed by atoms with van der Waals surface area (Å²) in [5.41, 5.74) is 2.58. The van der Waals surface area contributed by atoms with Crippen molar-refractivity contribution in [1.29, 1.82) is 0 Å². The maximum absolute atomic E-state index is 12.0. The first-order valence-corrected chi connectivity index (χ1v) is 6.12. The van der Waals surface area contributed by atoms with E-state index in [1.54, 1.807) is 12.1 Å². The minimum atomic E-state index is 0.356. The SMILES string of the molecule is CC(c1ccc(Cl)cc1)=[N+]([O-])Cc1ccccc1. The maximum Gasteiger partial charge on any atom is 0.191 e. The fourth-order valence-corrected chi connectivity index (χ4v) is 1.83. The van der Waals surface area contributed by atoms with Crippen molar-refractivity contribution in [3.8, 4) is 0 Å². The Kier molecular flexibility index (Phi) is 4.00. The molecule has 0 aliphatic carbocycles. The Balaban J connectivity index is 2.22. The van der Waals surface area contributed by atoms with Crippen LogP contribution in [0.1, 0.15) is 18.1 Å². The van der Waals surface area contributed by atoms with Crippen LogP contribution in [0.25, 0.3) is 0 Å². The van der Waals surface area contributed by atoms with Gasteiger partial charge in [0, 0.05) is 23.1 Å². The third kappa shape index (κ3) is 3.11. The van der Waals surface area contributed by atoms with E-state index in [1.807, 2.05) is 49.4 Å². The van der Waals surface area contributed by atoms with Gasteiger partial charge in [0.15, 0.2) is 12.3 Å². The third-order valence-corrected chi connectivity index (χ3v) is 3.06. The molecule has 2 rings (SSSR count). The van der Waals surface area contributed by atoms with E-state index in [1.165, 1.54) is 0 Å². The van der Waals surface area contributed by atoms with Gasteiger partial charge in [-0.25, -0.2) is 4.74 Å². The van der Waals surface area contributed by atoms with Gasteiger partial charge in [0.2, 0.25) is 0 Å². The van der Waals surface area contributed by atoms with Crippen molar-refractivity contribution in [3.63, 3.8) is 0 Å². The van der Waals surface area contributed by atoms with Gasteiger partial charge in [-0.05, 0) is 24.3 Å². The lowest BCUT2D eigenvalue weighted by molar-refractivity contribution is -0.474. The van der Waals surface area contributed by atoms with Crippen molar-refractivity contribution in [2.75, 3.05) is 0 Å². The highest BCUT2D eigenvalue weighted by Gasteiger charge is 2.07. The van der Waals surface area contributed by atoms with Gasteiger partial charge in [-0.1, -0.05) is 41.9 Å². The van der Waals surface area contributed by atoms with Gasteiger partial charge in [0.05, 0.1) is 0 Å². The summed E-state index contributed by atoms with van der Waals surface area (Å²) < 4.78 is 0.999. The molecule has 0 fully saturated rings. The largest absolute Gasteiger partial charge is 0.623 e. The van der Waals surface area contributed by atoms with E-state index in [2.05, 4.69) is 0 Å². The minimum Gasteiger partial charge on any atom is -0.623 e. The smallest absolute Gasteiger partial charge is 0.191 e. The van der Waals surface area contributed by atoms with Gasteiger partial charge in [-0.15, -0.1) is 0 Å². The Morgan fingerprint density at radius 2 is 1.67 bits per heavy atom. The van der Waals surface area contributed by atoms with Gasteiger partial charge in [0.1, 0.15) is 0 Å². The molecule has 0 amide bonds. The van der Waals surface area contributed by atoms with E-state index >= 15 is 0 Å². The summed E-state index contributed by atoms with van der Waals surface area (Å²) in [7, 11) is 0. The number of hydroxylamine groups is 1. The van der Waals surface area contributed by atoms with Crippen molar-refractivity contribution in [1.82, 2.24) is 0 Å². The molecule has 0 unspecified atom stereocenters. The topological polar surface area (TPSA) is 26.1 Å². The molecule has 0 saturated heterocycles. The van der Waals surface area contributed by atoms with E-state index in [9.17, 15) is 5.21 Å². The highest BCUT2D eigenvalue weighted by Crippen LogP contribution is 2.11.